The first-order chi connectivity index (χ1) is 13.1. The summed E-state index contributed by atoms with van der Waals surface area (Å²) in [7, 11) is -9.40. The van der Waals surface area contributed by atoms with Gasteiger partial charge in [-0.3, -0.25) is 9.09 Å². The van der Waals surface area contributed by atoms with Crippen molar-refractivity contribution in [2.24, 2.45) is 5.92 Å². The summed E-state index contributed by atoms with van der Waals surface area (Å²) in [6, 6.07) is 4.82. The van der Waals surface area contributed by atoms with Crippen LogP contribution in [0.2, 0.25) is 5.02 Å². The minimum absolute atomic E-state index is 0.103. The molecule has 2 N–H and O–H groups in total. The molecule has 0 aliphatic rings. The summed E-state index contributed by atoms with van der Waals surface area (Å²) in [6.45, 7) is 13.8. The molecular formula is C19H33ClO7P2. The van der Waals surface area contributed by atoms with Crippen LogP contribution in [0.25, 0.3) is 0 Å². The normalized spacial score (nSPS) is 15.6. The van der Waals surface area contributed by atoms with Gasteiger partial charge in [0.25, 0.3) is 0 Å². The maximum atomic E-state index is 14.3. The van der Waals surface area contributed by atoms with Gasteiger partial charge in [-0.25, -0.2) is 4.57 Å². The highest BCUT2D eigenvalue weighted by molar-refractivity contribution is 7.56. The molecule has 0 aromatic heterocycles. The predicted molar refractivity (Wildman–Crippen MR) is 115 cm³/mol. The zero-order chi connectivity index (χ0) is 22.8. The van der Waals surface area contributed by atoms with Crippen LogP contribution in [0.1, 0.15) is 72.4 Å². The molecule has 1 aromatic carbocycles. The van der Waals surface area contributed by atoms with E-state index in [0.717, 1.165) is 0 Å². The minimum Gasteiger partial charge on any atom is -0.304 e. The van der Waals surface area contributed by atoms with Gasteiger partial charge >= 0.3 is 15.4 Å². The molecule has 1 atom stereocenters. The summed E-state index contributed by atoms with van der Waals surface area (Å²) < 4.78 is 43.3. The lowest BCUT2D eigenvalue weighted by atomic mass is 9.89. The van der Waals surface area contributed by atoms with Crippen LogP contribution in [-0.4, -0.2) is 22.0 Å². The van der Waals surface area contributed by atoms with Crippen molar-refractivity contribution in [1.29, 1.82) is 0 Å². The molecule has 1 rings (SSSR count). The minimum atomic E-state index is -5.12. The molecule has 0 aliphatic carbocycles. The Morgan fingerprint density at radius 2 is 1.41 bits per heavy atom. The highest BCUT2D eigenvalue weighted by Gasteiger charge is 2.61. The first-order valence-electron chi connectivity index (χ1n) is 9.59. The van der Waals surface area contributed by atoms with Gasteiger partial charge in [0, 0.05) is 10.6 Å². The van der Waals surface area contributed by atoms with E-state index in [2.05, 4.69) is 0 Å². The third-order valence-corrected chi connectivity index (χ3v) is 8.13. The molecule has 10 heteroatoms. The van der Waals surface area contributed by atoms with Crippen LogP contribution < -0.4 is 0 Å². The molecule has 0 fully saturated rings. The summed E-state index contributed by atoms with van der Waals surface area (Å²) in [6.07, 6.45) is -1.10. The van der Waals surface area contributed by atoms with E-state index in [4.69, 9.17) is 25.2 Å². The van der Waals surface area contributed by atoms with Crippen molar-refractivity contribution >= 4 is 27.0 Å². The van der Waals surface area contributed by atoms with Crippen LogP contribution in [0.3, 0.4) is 0 Å². The largest absolute Gasteiger partial charge is 0.471 e. The topological polar surface area (TPSA) is 102 Å². The summed E-state index contributed by atoms with van der Waals surface area (Å²) in [5.41, 5.74) is 0.958. The molecule has 1 unspecified atom stereocenters. The zero-order valence-electron chi connectivity index (χ0n) is 18.2. The van der Waals surface area contributed by atoms with Crippen molar-refractivity contribution in [2.75, 3.05) is 0 Å². The van der Waals surface area contributed by atoms with Gasteiger partial charge in [-0.2, -0.15) is 0 Å². The Morgan fingerprint density at radius 3 is 1.76 bits per heavy atom. The molecule has 0 amide bonds. The number of hydrogen-bond acceptors (Lipinski definition) is 5. The molecule has 29 heavy (non-hydrogen) atoms. The Kier molecular flexibility index (Phi) is 9.18. The van der Waals surface area contributed by atoms with E-state index < -0.39 is 38.9 Å². The lowest BCUT2D eigenvalue weighted by Gasteiger charge is -2.44. The molecule has 0 saturated carbocycles. The third kappa shape index (κ3) is 6.38. The van der Waals surface area contributed by atoms with Crippen LogP contribution in [0.5, 0.6) is 0 Å². The third-order valence-electron chi connectivity index (χ3n) is 4.17. The van der Waals surface area contributed by atoms with Gasteiger partial charge in [-0.05, 0) is 57.2 Å². The van der Waals surface area contributed by atoms with Crippen molar-refractivity contribution in [2.45, 2.75) is 78.9 Å². The van der Waals surface area contributed by atoms with Crippen molar-refractivity contribution in [3.63, 3.8) is 0 Å². The van der Waals surface area contributed by atoms with E-state index in [1.54, 1.807) is 59.7 Å². The van der Waals surface area contributed by atoms with Gasteiger partial charge in [0.15, 0.2) is 0 Å². The lowest BCUT2D eigenvalue weighted by molar-refractivity contribution is 0.00871. The fourth-order valence-electron chi connectivity index (χ4n) is 3.23. The Bertz CT molecular complexity index is 775. The van der Waals surface area contributed by atoms with Gasteiger partial charge in [-0.15, -0.1) is 0 Å². The average Bonchev–Trinajstić information content (AvgIpc) is 2.49. The molecule has 168 valence electrons. The quantitative estimate of drug-likeness (QED) is 0.380. The maximum absolute atomic E-state index is 14.3. The summed E-state index contributed by atoms with van der Waals surface area (Å²) >= 11 is 6.18. The van der Waals surface area contributed by atoms with E-state index in [-0.39, 0.29) is 5.92 Å². The summed E-state index contributed by atoms with van der Waals surface area (Å²) in [4.78, 5) is 19.6. The fourth-order valence-corrected chi connectivity index (χ4v) is 7.41. The lowest BCUT2D eigenvalue weighted by Crippen LogP contribution is -2.38. The van der Waals surface area contributed by atoms with Gasteiger partial charge in [-0.1, -0.05) is 45.4 Å². The number of rotatable bonds is 10. The molecular weight excluding hydrogens is 438 g/mol. The highest BCUT2D eigenvalue weighted by atomic mass is 35.5. The van der Waals surface area contributed by atoms with Crippen molar-refractivity contribution in [3.05, 3.63) is 34.3 Å². The molecule has 0 radical (unpaired) electrons. The van der Waals surface area contributed by atoms with Gasteiger partial charge in [0.1, 0.15) is 0 Å². The highest BCUT2D eigenvalue weighted by Crippen LogP contribution is 2.73. The maximum Gasteiger partial charge on any atom is 0.471 e. The molecule has 7 nitrogen and oxygen atoms in total. The number of phosphoric acid groups is 1. The van der Waals surface area contributed by atoms with Gasteiger partial charge in [0.05, 0.1) is 12.2 Å². The Balaban J connectivity index is 4.07. The van der Waals surface area contributed by atoms with Crippen molar-refractivity contribution in [3.8, 4) is 0 Å². The monoisotopic (exact) mass is 470 g/mol. The van der Waals surface area contributed by atoms with E-state index in [0.29, 0.717) is 16.1 Å². The number of halogens is 1. The van der Waals surface area contributed by atoms with Gasteiger partial charge < -0.3 is 18.8 Å². The zero-order valence-corrected chi connectivity index (χ0v) is 20.8. The Hall–Kier alpha value is -0.230. The Morgan fingerprint density at radius 1 is 0.931 bits per heavy atom. The number of phosphoric ester groups is 1. The van der Waals surface area contributed by atoms with Crippen molar-refractivity contribution in [1.82, 2.24) is 0 Å². The first-order valence-corrected chi connectivity index (χ1v) is 13.0. The van der Waals surface area contributed by atoms with Crippen LogP contribution in [-0.2, 0) is 28.0 Å². The standard InChI is InChI=1S/C19H33ClO7P2/c1-12(2)17-11-16(20)9-10-18(17)19(13(3)4,27-29(22,23)24)28(21,25-14(5)6)26-15(7)8/h9-15H,1-8H3,(H2,22,23,24). The molecule has 0 saturated heterocycles. The van der Waals surface area contributed by atoms with Crippen LogP contribution >= 0.6 is 27.0 Å². The smallest absolute Gasteiger partial charge is 0.304 e. The van der Waals surface area contributed by atoms with Crippen molar-refractivity contribution < 1.29 is 32.5 Å². The summed E-state index contributed by atoms with van der Waals surface area (Å²) in [5.74, 6) is -0.786. The SMILES string of the molecule is CC(C)OP(=O)(OC(C)C)C(OP(=O)(O)O)(c1ccc(Cl)cc1C(C)C)C(C)C. The summed E-state index contributed by atoms with van der Waals surface area (Å²) in [5, 5.41) is -1.61. The van der Waals surface area contributed by atoms with Crippen LogP contribution in [0.4, 0.5) is 0 Å². The predicted octanol–water partition coefficient (Wildman–Crippen LogP) is 6.42. The van der Waals surface area contributed by atoms with E-state index in [1.165, 1.54) is 0 Å². The van der Waals surface area contributed by atoms with Crippen LogP contribution in [0.15, 0.2) is 18.2 Å². The van der Waals surface area contributed by atoms with E-state index in [9.17, 15) is 18.9 Å². The first kappa shape index (κ1) is 26.8. The van der Waals surface area contributed by atoms with E-state index >= 15 is 0 Å². The second kappa shape index (κ2) is 9.93. The average molecular weight is 471 g/mol. The second-order valence-corrected chi connectivity index (χ2v) is 11.8. The van der Waals surface area contributed by atoms with Crippen LogP contribution in [0, 0.1) is 5.92 Å². The number of benzene rings is 1. The molecule has 0 aliphatic heterocycles. The molecule has 0 heterocycles. The number of hydrogen-bond donors (Lipinski definition) is 2. The fraction of sp³-hybridized carbons (Fsp3) is 0.684. The van der Waals surface area contributed by atoms with E-state index in [1.807, 2.05) is 13.8 Å². The van der Waals surface area contributed by atoms with Gasteiger partial charge in [0.2, 0.25) is 5.34 Å². The second-order valence-electron chi connectivity index (χ2n) is 8.13. The Labute approximate surface area is 178 Å². The molecule has 0 bridgehead atoms. The molecule has 0 spiro atoms. The molecule has 1 aromatic rings.